The summed E-state index contributed by atoms with van der Waals surface area (Å²) >= 11 is 6.32. The highest BCUT2D eigenvalue weighted by atomic mass is 35.5. The van der Waals surface area contributed by atoms with E-state index in [1.54, 1.807) is 7.11 Å². The van der Waals surface area contributed by atoms with Crippen LogP contribution < -0.4 is 5.32 Å². The molecule has 3 heteroatoms. The maximum atomic E-state index is 6.32. The molecule has 2 nitrogen and oxygen atoms in total. The first-order valence-electron chi connectivity index (χ1n) is 7.74. The van der Waals surface area contributed by atoms with E-state index < -0.39 is 0 Å². The summed E-state index contributed by atoms with van der Waals surface area (Å²) in [5, 5.41) is 4.44. The maximum Gasteiger partial charge on any atom is 0.0587 e. The van der Waals surface area contributed by atoms with Crippen LogP contribution in [0, 0.1) is 11.8 Å². The highest BCUT2D eigenvalue weighted by molar-refractivity contribution is 6.31. The lowest BCUT2D eigenvalue weighted by Crippen LogP contribution is -2.31. The number of hydrogen-bond donors (Lipinski definition) is 1. The summed E-state index contributed by atoms with van der Waals surface area (Å²) in [7, 11) is 1.75. The molecule has 0 spiro atoms. The molecular formula is C17H26ClNO. The van der Waals surface area contributed by atoms with Gasteiger partial charge in [0.15, 0.2) is 0 Å². The largest absolute Gasteiger partial charge is 0.383 e. The SMILES string of the molecule is COCCNCC(Cc1ccccc1Cl)C1CCCC1. The molecule has 0 saturated heterocycles. The molecule has 0 aromatic heterocycles. The van der Waals surface area contributed by atoms with Crippen molar-refractivity contribution in [3.05, 3.63) is 34.9 Å². The summed E-state index contributed by atoms with van der Waals surface area (Å²) in [5.41, 5.74) is 1.29. The smallest absolute Gasteiger partial charge is 0.0587 e. The number of halogens is 1. The number of rotatable bonds is 8. The number of nitrogens with one attached hydrogen (secondary N) is 1. The first-order valence-corrected chi connectivity index (χ1v) is 8.12. The highest BCUT2D eigenvalue weighted by Gasteiger charge is 2.25. The van der Waals surface area contributed by atoms with Crippen molar-refractivity contribution < 1.29 is 4.74 Å². The summed E-state index contributed by atoms with van der Waals surface area (Å²) in [5.74, 6) is 1.54. The van der Waals surface area contributed by atoms with Gasteiger partial charge in [0.2, 0.25) is 0 Å². The maximum absolute atomic E-state index is 6.32. The van der Waals surface area contributed by atoms with Gasteiger partial charge in [-0.2, -0.15) is 0 Å². The topological polar surface area (TPSA) is 21.3 Å². The van der Waals surface area contributed by atoms with Gasteiger partial charge >= 0.3 is 0 Å². The third kappa shape index (κ3) is 4.76. The van der Waals surface area contributed by atoms with Crippen molar-refractivity contribution in [1.82, 2.24) is 5.32 Å². The summed E-state index contributed by atoms with van der Waals surface area (Å²) in [6, 6.07) is 8.26. The van der Waals surface area contributed by atoms with E-state index in [-0.39, 0.29) is 0 Å². The molecule has 0 heterocycles. The van der Waals surface area contributed by atoms with Crippen LogP contribution in [0.1, 0.15) is 31.2 Å². The van der Waals surface area contributed by atoms with Crippen LogP contribution in [-0.2, 0) is 11.2 Å². The number of benzene rings is 1. The first-order chi connectivity index (χ1) is 9.81. The second kappa shape index (κ2) is 8.66. The first kappa shape index (κ1) is 15.8. The fourth-order valence-electron chi connectivity index (χ4n) is 3.24. The molecule has 1 aliphatic rings. The lowest BCUT2D eigenvalue weighted by molar-refractivity contribution is 0.195. The van der Waals surface area contributed by atoms with Gasteiger partial charge in [-0.05, 0) is 36.4 Å². The Morgan fingerprint density at radius 1 is 1.30 bits per heavy atom. The van der Waals surface area contributed by atoms with Crippen LogP contribution in [0.4, 0.5) is 0 Å². The van der Waals surface area contributed by atoms with Crippen molar-refractivity contribution in [2.75, 3.05) is 26.8 Å². The van der Waals surface area contributed by atoms with E-state index in [1.165, 1.54) is 31.2 Å². The molecular weight excluding hydrogens is 270 g/mol. The monoisotopic (exact) mass is 295 g/mol. The Morgan fingerprint density at radius 3 is 2.75 bits per heavy atom. The zero-order valence-corrected chi connectivity index (χ0v) is 13.2. The number of methoxy groups -OCH3 is 1. The van der Waals surface area contributed by atoms with Gasteiger partial charge in [-0.3, -0.25) is 0 Å². The molecule has 2 rings (SSSR count). The van der Waals surface area contributed by atoms with Crippen LogP contribution in [0.3, 0.4) is 0 Å². The second-order valence-corrected chi connectivity index (χ2v) is 6.20. The summed E-state index contributed by atoms with van der Waals surface area (Å²) < 4.78 is 5.10. The molecule has 112 valence electrons. The van der Waals surface area contributed by atoms with Gasteiger partial charge in [-0.1, -0.05) is 55.5 Å². The summed E-state index contributed by atoms with van der Waals surface area (Å²) in [6.07, 6.45) is 6.62. The summed E-state index contributed by atoms with van der Waals surface area (Å²) in [6.45, 7) is 2.78. The summed E-state index contributed by atoms with van der Waals surface area (Å²) in [4.78, 5) is 0. The molecule has 1 unspecified atom stereocenters. The predicted molar refractivity (Wildman–Crippen MR) is 85.3 cm³/mol. The molecule has 1 atom stereocenters. The number of ether oxygens (including phenoxy) is 1. The lowest BCUT2D eigenvalue weighted by atomic mass is 9.85. The van der Waals surface area contributed by atoms with Crippen LogP contribution in [0.5, 0.6) is 0 Å². The minimum atomic E-state index is 0.689. The Morgan fingerprint density at radius 2 is 2.05 bits per heavy atom. The molecule has 1 aromatic rings. The van der Waals surface area contributed by atoms with Gasteiger partial charge in [-0.25, -0.2) is 0 Å². The molecule has 1 fully saturated rings. The average Bonchev–Trinajstić information content (AvgIpc) is 2.98. The Bertz CT molecular complexity index is 390. The number of hydrogen-bond acceptors (Lipinski definition) is 2. The minimum absolute atomic E-state index is 0.689. The molecule has 1 N–H and O–H groups in total. The van der Waals surface area contributed by atoms with Gasteiger partial charge in [0, 0.05) is 18.7 Å². The van der Waals surface area contributed by atoms with Crippen molar-refractivity contribution in [3.63, 3.8) is 0 Å². The zero-order valence-electron chi connectivity index (χ0n) is 12.4. The van der Waals surface area contributed by atoms with E-state index in [9.17, 15) is 0 Å². The van der Waals surface area contributed by atoms with Crippen LogP contribution in [0.15, 0.2) is 24.3 Å². The molecule has 1 aliphatic carbocycles. The van der Waals surface area contributed by atoms with E-state index in [4.69, 9.17) is 16.3 Å². The fraction of sp³-hybridized carbons (Fsp3) is 0.647. The zero-order chi connectivity index (χ0) is 14.2. The van der Waals surface area contributed by atoms with Crippen molar-refractivity contribution in [3.8, 4) is 0 Å². The predicted octanol–water partition coefficient (Wildman–Crippen LogP) is 3.92. The fourth-order valence-corrected chi connectivity index (χ4v) is 3.46. The van der Waals surface area contributed by atoms with E-state index in [2.05, 4.69) is 17.4 Å². The van der Waals surface area contributed by atoms with E-state index in [1.807, 2.05) is 12.1 Å². The molecule has 0 amide bonds. The van der Waals surface area contributed by atoms with Gasteiger partial charge in [0.1, 0.15) is 0 Å². The van der Waals surface area contributed by atoms with E-state index in [0.717, 1.165) is 37.1 Å². The Labute approximate surface area is 127 Å². The van der Waals surface area contributed by atoms with Gasteiger partial charge in [0.25, 0.3) is 0 Å². The van der Waals surface area contributed by atoms with Crippen molar-refractivity contribution in [2.45, 2.75) is 32.1 Å². The molecule has 0 bridgehead atoms. The van der Waals surface area contributed by atoms with Crippen LogP contribution >= 0.6 is 11.6 Å². The Balaban J connectivity index is 1.93. The van der Waals surface area contributed by atoms with E-state index in [0.29, 0.717) is 5.92 Å². The lowest BCUT2D eigenvalue weighted by Gasteiger charge is -2.24. The standard InChI is InChI=1S/C17H26ClNO/c1-20-11-10-19-13-16(14-6-2-3-7-14)12-15-8-4-5-9-17(15)18/h4-5,8-9,14,16,19H,2-3,6-7,10-13H2,1H3. The molecule has 20 heavy (non-hydrogen) atoms. The molecule has 1 aromatic carbocycles. The molecule has 0 radical (unpaired) electrons. The van der Waals surface area contributed by atoms with Gasteiger partial charge in [-0.15, -0.1) is 0 Å². The average molecular weight is 296 g/mol. The third-order valence-electron chi connectivity index (χ3n) is 4.40. The van der Waals surface area contributed by atoms with E-state index >= 15 is 0 Å². The second-order valence-electron chi connectivity index (χ2n) is 5.80. The van der Waals surface area contributed by atoms with Crippen LogP contribution in [0.2, 0.25) is 5.02 Å². The highest BCUT2D eigenvalue weighted by Crippen LogP contribution is 2.34. The Kier molecular flexibility index (Phi) is 6.85. The van der Waals surface area contributed by atoms with Crippen LogP contribution in [0.25, 0.3) is 0 Å². The normalized spacial score (nSPS) is 17.5. The quantitative estimate of drug-likeness (QED) is 0.734. The Hall–Kier alpha value is -0.570. The molecule has 0 aliphatic heterocycles. The van der Waals surface area contributed by atoms with Crippen molar-refractivity contribution in [2.24, 2.45) is 11.8 Å². The minimum Gasteiger partial charge on any atom is -0.383 e. The van der Waals surface area contributed by atoms with Crippen LogP contribution in [-0.4, -0.2) is 26.8 Å². The van der Waals surface area contributed by atoms with Gasteiger partial charge < -0.3 is 10.1 Å². The molecule has 1 saturated carbocycles. The van der Waals surface area contributed by atoms with Gasteiger partial charge in [0.05, 0.1) is 6.61 Å². The van der Waals surface area contributed by atoms with Crippen molar-refractivity contribution >= 4 is 11.6 Å². The third-order valence-corrected chi connectivity index (χ3v) is 4.76. The van der Waals surface area contributed by atoms with Crippen molar-refractivity contribution in [1.29, 1.82) is 0 Å².